The molecule has 0 atom stereocenters. The second-order valence-corrected chi connectivity index (χ2v) is 3.80. The predicted octanol–water partition coefficient (Wildman–Crippen LogP) is 1.78. The third-order valence-electron chi connectivity index (χ3n) is 2.69. The molecule has 1 heterocycles. The Kier molecular flexibility index (Phi) is 5.40. The molecule has 0 amide bonds. The molecule has 0 saturated heterocycles. The fourth-order valence-electron chi connectivity index (χ4n) is 1.83. The summed E-state index contributed by atoms with van der Waals surface area (Å²) in [5, 5.41) is 0. The van der Waals surface area contributed by atoms with E-state index in [9.17, 15) is 0 Å². The predicted molar refractivity (Wildman–Crippen MR) is 60.8 cm³/mol. The van der Waals surface area contributed by atoms with Crippen LogP contribution in [0.2, 0.25) is 0 Å². The summed E-state index contributed by atoms with van der Waals surface area (Å²) >= 11 is 0. The maximum atomic E-state index is 5.11. The van der Waals surface area contributed by atoms with Gasteiger partial charge in [-0.2, -0.15) is 0 Å². The van der Waals surface area contributed by atoms with Crippen LogP contribution in [-0.4, -0.2) is 18.3 Å². The average Bonchev–Trinajstić information content (AvgIpc) is 2.65. The van der Waals surface area contributed by atoms with Gasteiger partial charge >= 0.3 is 0 Å². The van der Waals surface area contributed by atoms with Crippen molar-refractivity contribution < 1.29 is 9.30 Å². The first-order valence-electron chi connectivity index (χ1n) is 5.89. The van der Waals surface area contributed by atoms with Gasteiger partial charge in [-0.3, -0.25) is 0 Å². The van der Waals surface area contributed by atoms with Gasteiger partial charge in [-0.05, 0) is 6.42 Å². The molecule has 3 heteroatoms. The van der Waals surface area contributed by atoms with Gasteiger partial charge in [-0.1, -0.05) is 20.3 Å². The van der Waals surface area contributed by atoms with Crippen molar-refractivity contribution in [1.29, 1.82) is 0 Å². The van der Waals surface area contributed by atoms with Gasteiger partial charge in [-0.15, -0.1) is 0 Å². The van der Waals surface area contributed by atoms with Gasteiger partial charge in [0.25, 0.3) is 5.82 Å². The number of unbranched alkanes of at least 4 members (excludes halogenated alkanes) is 1. The fraction of sp³-hybridized carbons (Fsp3) is 0.750. The van der Waals surface area contributed by atoms with Gasteiger partial charge in [-0.25, -0.2) is 9.13 Å². The first-order chi connectivity index (χ1) is 7.33. The van der Waals surface area contributed by atoms with E-state index in [0.717, 1.165) is 26.1 Å². The standard InChI is InChI=1S/C12H23N2O/c1-4-6-7-13-8-9-14(10-11-15-3)12(13)5-2/h8-9H,4-7,10-11H2,1-3H3/q+1. The Morgan fingerprint density at radius 2 is 2.20 bits per heavy atom. The molecule has 0 unspecified atom stereocenters. The van der Waals surface area contributed by atoms with E-state index < -0.39 is 0 Å². The maximum Gasteiger partial charge on any atom is 0.256 e. The number of nitrogens with zero attached hydrogens (tertiary/aromatic N) is 2. The summed E-state index contributed by atoms with van der Waals surface area (Å²) in [6.45, 7) is 7.32. The molecule has 0 bridgehead atoms. The Bertz CT molecular complexity index is 256. The Morgan fingerprint density at radius 1 is 1.40 bits per heavy atom. The smallest absolute Gasteiger partial charge is 0.256 e. The summed E-state index contributed by atoms with van der Waals surface area (Å²) in [6, 6.07) is 0. The SMILES string of the molecule is CCCC[n+]1ccn(CCOC)c1CC. The summed E-state index contributed by atoms with van der Waals surface area (Å²) in [7, 11) is 1.75. The van der Waals surface area contributed by atoms with Gasteiger partial charge in [0.15, 0.2) is 0 Å². The van der Waals surface area contributed by atoms with Crippen molar-refractivity contribution in [2.24, 2.45) is 0 Å². The van der Waals surface area contributed by atoms with Crippen LogP contribution in [-0.2, 0) is 24.2 Å². The van der Waals surface area contributed by atoms with E-state index in [1.54, 1.807) is 7.11 Å². The van der Waals surface area contributed by atoms with Gasteiger partial charge in [0, 0.05) is 13.5 Å². The van der Waals surface area contributed by atoms with Crippen LogP contribution in [0.1, 0.15) is 32.5 Å². The Labute approximate surface area is 92.7 Å². The molecule has 1 rings (SSSR count). The Hall–Kier alpha value is -0.830. The molecule has 0 spiro atoms. The van der Waals surface area contributed by atoms with E-state index in [1.165, 1.54) is 18.7 Å². The van der Waals surface area contributed by atoms with Crippen molar-refractivity contribution in [3.63, 3.8) is 0 Å². The number of hydrogen-bond donors (Lipinski definition) is 0. The highest BCUT2D eigenvalue weighted by atomic mass is 16.5. The van der Waals surface area contributed by atoms with Crippen LogP contribution in [0.5, 0.6) is 0 Å². The molecular formula is C12H23N2O+. The highest BCUT2D eigenvalue weighted by Crippen LogP contribution is 1.98. The van der Waals surface area contributed by atoms with E-state index in [2.05, 4.69) is 35.4 Å². The van der Waals surface area contributed by atoms with Gasteiger partial charge in [0.2, 0.25) is 0 Å². The van der Waals surface area contributed by atoms with Crippen LogP contribution in [0.4, 0.5) is 0 Å². The summed E-state index contributed by atoms with van der Waals surface area (Å²) in [4.78, 5) is 0. The molecule has 1 aromatic rings. The zero-order valence-electron chi connectivity index (χ0n) is 10.2. The number of ether oxygens (including phenoxy) is 1. The molecule has 0 aliphatic rings. The summed E-state index contributed by atoms with van der Waals surface area (Å²) in [5.41, 5.74) is 0. The lowest BCUT2D eigenvalue weighted by atomic mass is 10.3. The van der Waals surface area contributed by atoms with Crippen molar-refractivity contribution >= 4 is 0 Å². The summed E-state index contributed by atoms with van der Waals surface area (Å²) in [6.07, 6.45) is 7.93. The quantitative estimate of drug-likeness (QED) is 0.629. The topological polar surface area (TPSA) is 18.0 Å². The number of aryl methyl sites for hydroxylation is 1. The molecule has 0 N–H and O–H groups in total. The molecule has 15 heavy (non-hydrogen) atoms. The third-order valence-corrected chi connectivity index (χ3v) is 2.69. The molecule has 3 nitrogen and oxygen atoms in total. The number of imidazole rings is 1. The van der Waals surface area contributed by atoms with Crippen LogP contribution >= 0.6 is 0 Å². The molecule has 0 aliphatic heterocycles. The van der Waals surface area contributed by atoms with E-state index in [0.29, 0.717) is 0 Å². The maximum absolute atomic E-state index is 5.11. The number of rotatable bonds is 7. The molecule has 0 saturated carbocycles. The first kappa shape index (κ1) is 12.2. The average molecular weight is 211 g/mol. The normalized spacial score (nSPS) is 10.9. The third kappa shape index (κ3) is 3.34. The van der Waals surface area contributed by atoms with Gasteiger partial charge in [0.1, 0.15) is 18.9 Å². The molecular weight excluding hydrogens is 188 g/mol. The zero-order valence-corrected chi connectivity index (χ0v) is 10.2. The van der Waals surface area contributed by atoms with Crippen molar-refractivity contribution in [3.8, 4) is 0 Å². The van der Waals surface area contributed by atoms with Crippen LogP contribution in [0, 0.1) is 0 Å². The van der Waals surface area contributed by atoms with Crippen molar-refractivity contribution in [1.82, 2.24) is 4.57 Å². The second kappa shape index (κ2) is 6.62. The molecule has 0 fully saturated rings. The van der Waals surface area contributed by atoms with Gasteiger partial charge < -0.3 is 4.74 Å². The van der Waals surface area contributed by atoms with Crippen LogP contribution in [0.25, 0.3) is 0 Å². The lowest BCUT2D eigenvalue weighted by molar-refractivity contribution is -0.704. The summed E-state index contributed by atoms with van der Waals surface area (Å²) in [5.74, 6) is 1.40. The highest BCUT2D eigenvalue weighted by molar-refractivity contribution is 4.82. The largest absolute Gasteiger partial charge is 0.381 e. The van der Waals surface area contributed by atoms with Crippen molar-refractivity contribution in [3.05, 3.63) is 18.2 Å². The lowest BCUT2D eigenvalue weighted by Crippen LogP contribution is -2.37. The number of hydrogen-bond acceptors (Lipinski definition) is 1. The minimum Gasteiger partial charge on any atom is -0.381 e. The molecule has 0 aliphatic carbocycles. The van der Waals surface area contributed by atoms with Crippen LogP contribution in [0.15, 0.2) is 12.4 Å². The minimum atomic E-state index is 0.787. The number of aromatic nitrogens is 2. The highest BCUT2D eigenvalue weighted by Gasteiger charge is 2.13. The summed E-state index contributed by atoms with van der Waals surface area (Å²) < 4.78 is 9.76. The molecule has 86 valence electrons. The van der Waals surface area contributed by atoms with Crippen LogP contribution in [0.3, 0.4) is 0 Å². The van der Waals surface area contributed by atoms with E-state index >= 15 is 0 Å². The Balaban J connectivity index is 2.66. The van der Waals surface area contributed by atoms with Crippen molar-refractivity contribution in [2.45, 2.75) is 46.2 Å². The second-order valence-electron chi connectivity index (χ2n) is 3.80. The van der Waals surface area contributed by atoms with E-state index in [-0.39, 0.29) is 0 Å². The molecule has 0 aromatic carbocycles. The molecule has 1 aromatic heterocycles. The fourth-order valence-corrected chi connectivity index (χ4v) is 1.83. The monoisotopic (exact) mass is 211 g/mol. The van der Waals surface area contributed by atoms with E-state index in [1.807, 2.05) is 0 Å². The van der Waals surface area contributed by atoms with Crippen molar-refractivity contribution in [2.75, 3.05) is 13.7 Å². The minimum absolute atomic E-state index is 0.787. The number of methoxy groups -OCH3 is 1. The van der Waals surface area contributed by atoms with E-state index in [4.69, 9.17) is 4.74 Å². The zero-order chi connectivity index (χ0) is 11.1. The Morgan fingerprint density at radius 3 is 2.80 bits per heavy atom. The lowest BCUT2D eigenvalue weighted by Gasteiger charge is -2.02. The first-order valence-corrected chi connectivity index (χ1v) is 5.89. The molecule has 0 radical (unpaired) electrons. The van der Waals surface area contributed by atoms with Gasteiger partial charge in [0.05, 0.1) is 13.2 Å². The van der Waals surface area contributed by atoms with Crippen LogP contribution < -0.4 is 4.57 Å².